The van der Waals surface area contributed by atoms with Gasteiger partial charge in [-0.1, -0.05) is 6.07 Å². The number of amides is 2. The SMILES string of the molecule is O=C1CN(S(=O)(=O)c2cccc(C(=O)NCC(O)c3ccco3)c2)CCN1. The number of rotatable bonds is 6. The summed E-state index contributed by atoms with van der Waals surface area (Å²) in [6, 6.07) is 8.74. The molecule has 2 heterocycles. The lowest BCUT2D eigenvalue weighted by Gasteiger charge is -2.26. The summed E-state index contributed by atoms with van der Waals surface area (Å²) in [7, 11) is -3.89. The van der Waals surface area contributed by atoms with Crippen LogP contribution in [-0.2, 0) is 14.8 Å². The van der Waals surface area contributed by atoms with Gasteiger partial charge in [-0.05, 0) is 30.3 Å². The fraction of sp³-hybridized carbons (Fsp3) is 0.294. The molecule has 0 radical (unpaired) electrons. The van der Waals surface area contributed by atoms with E-state index in [0.717, 1.165) is 4.31 Å². The lowest BCUT2D eigenvalue weighted by Crippen LogP contribution is -2.49. The number of carbonyl (C=O) groups excluding carboxylic acids is 2. The molecule has 1 unspecified atom stereocenters. The molecule has 0 spiro atoms. The van der Waals surface area contributed by atoms with E-state index >= 15 is 0 Å². The van der Waals surface area contributed by atoms with E-state index in [4.69, 9.17) is 4.42 Å². The van der Waals surface area contributed by atoms with Crippen LogP contribution < -0.4 is 10.6 Å². The lowest BCUT2D eigenvalue weighted by atomic mass is 10.2. The molecule has 27 heavy (non-hydrogen) atoms. The third-order valence-electron chi connectivity index (χ3n) is 4.06. The number of carbonyl (C=O) groups is 2. The quantitative estimate of drug-likeness (QED) is 0.627. The molecule has 0 saturated carbocycles. The van der Waals surface area contributed by atoms with Crippen LogP contribution in [0.2, 0.25) is 0 Å². The Morgan fingerprint density at radius 1 is 1.33 bits per heavy atom. The summed E-state index contributed by atoms with van der Waals surface area (Å²) in [6.45, 7) is 0.0620. The number of nitrogens with zero attached hydrogens (tertiary/aromatic N) is 1. The highest BCUT2D eigenvalue weighted by Crippen LogP contribution is 2.18. The van der Waals surface area contributed by atoms with E-state index in [1.807, 2.05) is 0 Å². The van der Waals surface area contributed by atoms with E-state index in [0.29, 0.717) is 5.76 Å². The van der Waals surface area contributed by atoms with Gasteiger partial charge < -0.3 is 20.2 Å². The number of hydrogen-bond donors (Lipinski definition) is 3. The van der Waals surface area contributed by atoms with E-state index in [9.17, 15) is 23.1 Å². The Labute approximate surface area is 156 Å². The number of aliphatic hydroxyl groups excluding tert-OH is 1. The minimum atomic E-state index is -3.89. The molecule has 1 aromatic carbocycles. The molecule has 1 aromatic heterocycles. The minimum Gasteiger partial charge on any atom is -0.467 e. The number of nitrogens with one attached hydrogen (secondary N) is 2. The summed E-state index contributed by atoms with van der Waals surface area (Å²) < 4.78 is 31.5. The van der Waals surface area contributed by atoms with Crippen molar-refractivity contribution in [2.75, 3.05) is 26.2 Å². The van der Waals surface area contributed by atoms with Gasteiger partial charge in [0.25, 0.3) is 5.91 Å². The predicted octanol–water partition coefficient (Wildman–Crippen LogP) is -0.136. The van der Waals surface area contributed by atoms with Crippen molar-refractivity contribution in [2.24, 2.45) is 0 Å². The van der Waals surface area contributed by atoms with Gasteiger partial charge in [0, 0.05) is 18.7 Å². The fourth-order valence-electron chi connectivity index (χ4n) is 2.64. The maximum absolute atomic E-state index is 12.7. The van der Waals surface area contributed by atoms with Gasteiger partial charge in [0.15, 0.2) is 0 Å². The average molecular weight is 393 g/mol. The molecular formula is C17H19N3O6S. The molecule has 1 aliphatic heterocycles. The summed E-state index contributed by atoms with van der Waals surface area (Å²) >= 11 is 0. The van der Waals surface area contributed by atoms with E-state index < -0.39 is 22.0 Å². The second-order valence-corrected chi connectivity index (χ2v) is 7.90. The molecule has 1 aliphatic rings. The van der Waals surface area contributed by atoms with Crippen LogP contribution in [-0.4, -0.2) is 55.8 Å². The third-order valence-corrected chi connectivity index (χ3v) is 5.91. The Morgan fingerprint density at radius 3 is 2.85 bits per heavy atom. The molecule has 1 saturated heterocycles. The summed E-state index contributed by atoms with van der Waals surface area (Å²) in [5.74, 6) is -0.588. The average Bonchev–Trinajstić information content (AvgIpc) is 3.21. The van der Waals surface area contributed by atoms with E-state index in [1.54, 1.807) is 12.1 Å². The molecule has 144 valence electrons. The summed E-state index contributed by atoms with van der Waals surface area (Å²) in [5.41, 5.74) is 0.129. The number of benzene rings is 1. The van der Waals surface area contributed by atoms with E-state index in [-0.39, 0.29) is 42.5 Å². The number of furan rings is 1. The van der Waals surface area contributed by atoms with Crippen LogP contribution in [0.1, 0.15) is 22.2 Å². The smallest absolute Gasteiger partial charge is 0.251 e. The van der Waals surface area contributed by atoms with Gasteiger partial charge in [-0.3, -0.25) is 9.59 Å². The summed E-state index contributed by atoms with van der Waals surface area (Å²) in [5, 5.41) is 15.0. The molecule has 9 nitrogen and oxygen atoms in total. The van der Waals surface area contributed by atoms with Gasteiger partial charge in [-0.25, -0.2) is 8.42 Å². The Bertz CT molecular complexity index is 926. The molecule has 1 atom stereocenters. The van der Waals surface area contributed by atoms with Gasteiger partial charge >= 0.3 is 0 Å². The molecule has 10 heteroatoms. The van der Waals surface area contributed by atoms with Crippen molar-refractivity contribution in [1.82, 2.24) is 14.9 Å². The third kappa shape index (κ3) is 4.35. The van der Waals surface area contributed by atoms with Crippen molar-refractivity contribution in [2.45, 2.75) is 11.0 Å². The monoisotopic (exact) mass is 393 g/mol. The van der Waals surface area contributed by atoms with Gasteiger partial charge in [-0.15, -0.1) is 0 Å². The van der Waals surface area contributed by atoms with Crippen LogP contribution >= 0.6 is 0 Å². The second kappa shape index (κ2) is 7.91. The van der Waals surface area contributed by atoms with E-state index in [2.05, 4.69) is 10.6 Å². The number of sulfonamides is 1. The fourth-order valence-corrected chi connectivity index (χ4v) is 4.08. The number of piperazine rings is 1. The van der Waals surface area contributed by atoms with Crippen LogP contribution in [0.5, 0.6) is 0 Å². The highest BCUT2D eigenvalue weighted by molar-refractivity contribution is 7.89. The molecule has 2 amide bonds. The van der Waals surface area contributed by atoms with Gasteiger partial charge in [0.1, 0.15) is 11.9 Å². The molecule has 0 aliphatic carbocycles. The minimum absolute atomic E-state index is 0.0727. The maximum Gasteiger partial charge on any atom is 0.251 e. The first kappa shape index (κ1) is 19.1. The van der Waals surface area contributed by atoms with E-state index in [1.165, 1.54) is 30.5 Å². The molecule has 1 fully saturated rings. The van der Waals surface area contributed by atoms with Crippen LogP contribution in [0, 0.1) is 0 Å². The van der Waals surface area contributed by atoms with Crippen molar-refractivity contribution in [1.29, 1.82) is 0 Å². The molecular weight excluding hydrogens is 374 g/mol. The number of aliphatic hydroxyl groups is 1. The Hall–Kier alpha value is -2.69. The van der Waals surface area contributed by atoms with Crippen LogP contribution in [0.25, 0.3) is 0 Å². The lowest BCUT2D eigenvalue weighted by molar-refractivity contribution is -0.122. The predicted molar refractivity (Wildman–Crippen MR) is 94.2 cm³/mol. The van der Waals surface area contributed by atoms with Gasteiger partial charge in [0.2, 0.25) is 15.9 Å². The van der Waals surface area contributed by atoms with Crippen molar-refractivity contribution in [3.05, 3.63) is 54.0 Å². The highest BCUT2D eigenvalue weighted by atomic mass is 32.2. The van der Waals surface area contributed by atoms with Crippen molar-refractivity contribution >= 4 is 21.8 Å². The molecule has 3 rings (SSSR count). The zero-order valence-electron chi connectivity index (χ0n) is 14.3. The van der Waals surface area contributed by atoms with Crippen molar-refractivity contribution < 1.29 is 27.5 Å². The summed E-state index contributed by atoms with van der Waals surface area (Å²) in [6.07, 6.45) is 0.401. The normalized spacial score (nSPS) is 16.6. The van der Waals surface area contributed by atoms with Crippen molar-refractivity contribution in [3.8, 4) is 0 Å². The van der Waals surface area contributed by atoms with Crippen LogP contribution in [0.15, 0.2) is 52.0 Å². The molecule has 3 N–H and O–H groups in total. The van der Waals surface area contributed by atoms with Crippen molar-refractivity contribution in [3.63, 3.8) is 0 Å². The highest BCUT2D eigenvalue weighted by Gasteiger charge is 2.29. The largest absolute Gasteiger partial charge is 0.467 e. The van der Waals surface area contributed by atoms with Gasteiger partial charge in [-0.2, -0.15) is 4.31 Å². The Morgan fingerprint density at radius 2 is 2.15 bits per heavy atom. The Kier molecular flexibility index (Phi) is 5.59. The zero-order valence-corrected chi connectivity index (χ0v) is 15.1. The number of hydrogen-bond acceptors (Lipinski definition) is 6. The summed E-state index contributed by atoms with van der Waals surface area (Å²) in [4.78, 5) is 23.7. The maximum atomic E-state index is 12.7. The first-order valence-electron chi connectivity index (χ1n) is 8.24. The molecule has 0 bridgehead atoms. The Balaban J connectivity index is 1.71. The molecule has 2 aromatic rings. The standard InChI is InChI=1S/C17H19N3O6S/c21-14(15-5-2-8-26-15)10-19-17(23)12-3-1-4-13(9-12)27(24,25)20-7-6-18-16(22)11-20/h1-5,8-9,14,21H,6-7,10-11H2,(H,18,22)(H,19,23). The second-order valence-electron chi connectivity index (χ2n) is 5.96. The van der Waals surface area contributed by atoms with Crippen LogP contribution in [0.4, 0.5) is 0 Å². The first-order valence-corrected chi connectivity index (χ1v) is 9.68. The topological polar surface area (TPSA) is 129 Å². The van der Waals surface area contributed by atoms with Gasteiger partial charge in [0.05, 0.1) is 24.2 Å². The van der Waals surface area contributed by atoms with Crippen LogP contribution in [0.3, 0.4) is 0 Å². The first-order chi connectivity index (χ1) is 12.9. The zero-order chi connectivity index (χ0) is 19.4.